The molecule has 1 unspecified atom stereocenters. The average Bonchev–Trinajstić information content (AvgIpc) is 3.25. The molecule has 0 amide bonds. The Kier molecular flexibility index (Phi) is 6.66. The summed E-state index contributed by atoms with van der Waals surface area (Å²) in [6.07, 6.45) is 2.36. The fourth-order valence-corrected chi connectivity index (χ4v) is 3.55. The number of rotatable bonds is 8. The van der Waals surface area contributed by atoms with E-state index in [1.807, 2.05) is 24.3 Å². The Bertz CT molecular complexity index is 863. The van der Waals surface area contributed by atoms with Gasteiger partial charge in [-0.3, -0.25) is 10.1 Å². The average molecular weight is 399 g/mol. The summed E-state index contributed by atoms with van der Waals surface area (Å²) in [5, 5.41) is 14.7. The molecule has 1 N–H and O–H groups in total. The van der Waals surface area contributed by atoms with Crippen LogP contribution in [0.4, 0.5) is 11.4 Å². The molecule has 0 aromatic heterocycles. The molecule has 1 atom stereocenters. The minimum absolute atomic E-state index is 0.0500. The van der Waals surface area contributed by atoms with E-state index in [2.05, 4.69) is 10.2 Å². The largest absolute Gasteiger partial charge is 0.497 e. The zero-order chi connectivity index (χ0) is 20.8. The Balaban J connectivity index is 1.89. The Morgan fingerprint density at radius 1 is 1.17 bits per heavy atom. The zero-order valence-corrected chi connectivity index (χ0v) is 16.6. The molecule has 3 rings (SSSR count). The highest BCUT2D eigenvalue weighted by molar-refractivity contribution is 5.95. The number of anilines is 1. The van der Waals surface area contributed by atoms with Crippen LogP contribution < -0.4 is 10.1 Å². The van der Waals surface area contributed by atoms with E-state index in [0.717, 1.165) is 30.9 Å². The molecule has 0 radical (unpaired) electrons. The summed E-state index contributed by atoms with van der Waals surface area (Å²) < 4.78 is 9.96. The first kappa shape index (κ1) is 20.6. The molecular weight excluding hydrogens is 374 g/mol. The lowest BCUT2D eigenvalue weighted by Crippen LogP contribution is -2.29. The van der Waals surface area contributed by atoms with Gasteiger partial charge in [0, 0.05) is 18.3 Å². The van der Waals surface area contributed by atoms with E-state index in [0.29, 0.717) is 5.69 Å². The molecule has 0 aliphatic carbocycles. The van der Waals surface area contributed by atoms with Crippen molar-refractivity contribution in [1.82, 2.24) is 4.90 Å². The molecule has 29 heavy (non-hydrogen) atoms. The third kappa shape index (κ3) is 5.03. The molecule has 0 bridgehead atoms. The maximum absolute atomic E-state index is 12.0. The van der Waals surface area contributed by atoms with Crippen LogP contribution in [-0.4, -0.2) is 49.6 Å². The summed E-state index contributed by atoms with van der Waals surface area (Å²) in [7, 11) is 2.83. The van der Waals surface area contributed by atoms with Crippen LogP contribution >= 0.6 is 0 Å². The van der Waals surface area contributed by atoms with E-state index < -0.39 is 10.9 Å². The topological polar surface area (TPSA) is 93.9 Å². The highest BCUT2D eigenvalue weighted by Crippen LogP contribution is 2.28. The Morgan fingerprint density at radius 2 is 1.86 bits per heavy atom. The Hall–Kier alpha value is -3.13. The van der Waals surface area contributed by atoms with Gasteiger partial charge in [0.1, 0.15) is 11.3 Å². The van der Waals surface area contributed by atoms with Crippen molar-refractivity contribution in [3.63, 3.8) is 0 Å². The lowest BCUT2D eigenvalue weighted by Gasteiger charge is -2.26. The molecule has 2 aromatic rings. The monoisotopic (exact) mass is 399 g/mol. The van der Waals surface area contributed by atoms with Gasteiger partial charge in [-0.15, -0.1) is 0 Å². The number of likely N-dealkylation sites (tertiary alicyclic amines) is 1. The summed E-state index contributed by atoms with van der Waals surface area (Å²) in [6.45, 7) is 2.88. The van der Waals surface area contributed by atoms with Crippen molar-refractivity contribution in [1.29, 1.82) is 0 Å². The van der Waals surface area contributed by atoms with Gasteiger partial charge in [0.25, 0.3) is 5.69 Å². The second-order valence-corrected chi connectivity index (χ2v) is 6.96. The molecule has 2 aromatic carbocycles. The smallest absolute Gasteiger partial charge is 0.344 e. The summed E-state index contributed by atoms with van der Waals surface area (Å²) in [6, 6.07) is 12.2. The highest BCUT2D eigenvalue weighted by Gasteiger charge is 2.23. The number of nitro benzene ring substituents is 1. The quantitative estimate of drug-likeness (QED) is 0.411. The molecule has 0 saturated carbocycles. The van der Waals surface area contributed by atoms with Crippen molar-refractivity contribution in [3.05, 3.63) is 63.7 Å². The number of esters is 1. The van der Waals surface area contributed by atoms with Crippen LogP contribution in [0.2, 0.25) is 0 Å². The van der Waals surface area contributed by atoms with Crippen LogP contribution in [0.3, 0.4) is 0 Å². The van der Waals surface area contributed by atoms with Gasteiger partial charge in [0.2, 0.25) is 0 Å². The van der Waals surface area contributed by atoms with Gasteiger partial charge < -0.3 is 19.7 Å². The van der Waals surface area contributed by atoms with E-state index >= 15 is 0 Å². The van der Waals surface area contributed by atoms with E-state index in [-0.39, 0.29) is 17.3 Å². The van der Waals surface area contributed by atoms with Crippen molar-refractivity contribution in [2.45, 2.75) is 18.9 Å². The number of carbonyl (C=O) groups is 1. The van der Waals surface area contributed by atoms with Gasteiger partial charge >= 0.3 is 5.97 Å². The number of benzene rings is 2. The predicted molar refractivity (Wildman–Crippen MR) is 109 cm³/mol. The van der Waals surface area contributed by atoms with Gasteiger partial charge in [0.05, 0.1) is 25.2 Å². The second kappa shape index (κ2) is 9.38. The Labute approximate surface area is 169 Å². The maximum atomic E-state index is 12.0. The molecule has 154 valence electrons. The van der Waals surface area contributed by atoms with Gasteiger partial charge in [-0.25, -0.2) is 4.79 Å². The van der Waals surface area contributed by atoms with E-state index in [4.69, 9.17) is 9.47 Å². The summed E-state index contributed by atoms with van der Waals surface area (Å²) in [5.74, 6) is 0.0397. The first-order chi connectivity index (χ1) is 14.0. The van der Waals surface area contributed by atoms with Crippen LogP contribution in [0.15, 0.2) is 42.5 Å². The standard InChI is InChI=1S/C21H25N3O5/c1-28-17-8-5-15(6-9-17)19(14-23-11-3-4-12-23)22-16-7-10-20(24(26)27)18(13-16)21(25)29-2/h5-10,13,19,22H,3-4,11-12,14H2,1-2H3. The first-order valence-corrected chi connectivity index (χ1v) is 9.51. The van der Waals surface area contributed by atoms with Crippen molar-refractivity contribution >= 4 is 17.3 Å². The molecule has 8 heteroatoms. The van der Waals surface area contributed by atoms with Gasteiger partial charge in [-0.05, 0) is 55.8 Å². The fraction of sp³-hybridized carbons (Fsp3) is 0.381. The van der Waals surface area contributed by atoms with Gasteiger partial charge in [0.15, 0.2) is 0 Å². The van der Waals surface area contributed by atoms with Crippen LogP contribution in [0.1, 0.15) is 34.8 Å². The summed E-state index contributed by atoms with van der Waals surface area (Å²) in [4.78, 5) is 25.1. The van der Waals surface area contributed by atoms with Crippen molar-refractivity contribution in [2.75, 3.05) is 39.2 Å². The Morgan fingerprint density at radius 3 is 2.45 bits per heavy atom. The van der Waals surface area contributed by atoms with Crippen molar-refractivity contribution in [2.24, 2.45) is 0 Å². The number of nitrogens with zero attached hydrogens (tertiary/aromatic N) is 2. The molecule has 1 heterocycles. The van der Waals surface area contributed by atoms with E-state index in [1.165, 1.54) is 32.1 Å². The van der Waals surface area contributed by atoms with Gasteiger partial charge in [-0.1, -0.05) is 12.1 Å². The third-order valence-electron chi connectivity index (χ3n) is 5.10. The number of nitro groups is 1. The number of ether oxygens (including phenoxy) is 2. The summed E-state index contributed by atoms with van der Waals surface area (Å²) >= 11 is 0. The highest BCUT2D eigenvalue weighted by atomic mass is 16.6. The lowest BCUT2D eigenvalue weighted by atomic mass is 10.0. The molecule has 0 spiro atoms. The van der Waals surface area contributed by atoms with E-state index in [1.54, 1.807) is 13.2 Å². The molecule has 8 nitrogen and oxygen atoms in total. The predicted octanol–water partition coefficient (Wildman–Crippen LogP) is 3.64. The van der Waals surface area contributed by atoms with Crippen molar-refractivity contribution < 1.29 is 19.2 Å². The molecule has 1 aliphatic heterocycles. The SMILES string of the molecule is COC(=O)c1cc(NC(CN2CCCC2)c2ccc(OC)cc2)ccc1[N+](=O)[O-]. The number of nitrogens with one attached hydrogen (secondary N) is 1. The van der Waals surface area contributed by atoms with Crippen LogP contribution in [0.25, 0.3) is 0 Å². The maximum Gasteiger partial charge on any atom is 0.344 e. The normalized spacial score (nSPS) is 15.0. The van der Waals surface area contributed by atoms with Crippen LogP contribution in [-0.2, 0) is 4.74 Å². The van der Waals surface area contributed by atoms with Crippen LogP contribution in [0, 0.1) is 10.1 Å². The van der Waals surface area contributed by atoms with Crippen LogP contribution in [0.5, 0.6) is 5.75 Å². The number of methoxy groups -OCH3 is 2. The molecule has 1 aliphatic rings. The number of hydrogen-bond donors (Lipinski definition) is 1. The first-order valence-electron chi connectivity index (χ1n) is 9.51. The third-order valence-corrected chi connectivity index (χ3v) is 5.10. The second-order valence-electron chi connectivity index (χ2n) is 6.96. The number of hydrogen-bond acceptors (Lipinski definition) is 7. The molecule has 1 fully saturated rings. The molecular formula is C21H25N3O5. The fourth-order valence-electron chi connectivity index (χ4n) is 3.55. The summed E-state index contributed by atoms with van der Waals surface area (Å²) in [5.41, 5.74) is 1.34. The minimum Gasteiger partial charge on any atom is -0.497 e. The van der Waals surface area contributed by atoms with E-state index in [9.17, 15) is 14.9 Å². The van der Waals surface area contributed by atoms with Gasteiger partial charge in [-0.2, -0.15) is 0 Å². The lowest BCUT2D eigenvalue weighted by molar-refractivity contribution is -0.385. The van der Waals surface area contributed by atoms with Crippen molar-refractivity contribution in [3.8, 4) is 5.75 Å². The zero-order valence-electron chi connectivity index (χ0n) is 16.6. The minimum atomic E-state index is -0.735. The molecule has 1 saturated heterocycles. The number of carbonyl (C=O) groups excluding carboxylic acids is 1.